The molecule has 0 aliphatic carbocycles. The minimum atomic E-state index is -0.296. The van der Waals surface area contributed by atoms with Gasteiger partial charge in [-0.2, -0.15) is 0 Å². The molecule has 2 aromatic rings. The lowest BCUT2D eigenvalue weighted by molar-refractivity contribution is 0.276. The third-order valence-electron chi connectivity index (χ3n) is 2.92. The van der Waals surface area contributed by atoms with Gasteiger partial charge in [-0.15, -0.1) is 0 Å². The maximum Gasteiger partial charge on any atom is 0.123 e. The number of hydrogen-bond acceptors (Lipinski definition) is 4. The van der Waals surface area contributed by atoms with Crippen molar-refractivity contribution in [2.75, 3.05) is 11.9 Å². The van der Waals surface area contributed by atoms with Crippen LogP contribution in [-0.2, 0) is 6.61 Å². The highest BCUT2D eigenvalue weighted by atomic mass is 19.1. The summed E-state index contributed by atoms with van der Waals surface area (Å²) < 4.78 is 12.9. The molecule has 0 atom stereocenters. The Morgan fingerprint density at radius 3 is 2.58 bits per heavy atom. The van der Waals surface area contributed by atoms with Crippen molar-refractivity contribution in [1.29, 1.82) is 5.41 Å². The highest BCUT2D eigenvalue weighted by Gasteiger charge is 2.12. The van der Waals surface area contributed by atoms with E-state index >= 15 is 0 Å². The molecule has 0 fully saturated rings. The van der Waals surface area contributed by atoms with Crippen molar-refractivity contribution in [2.24, 2.45) is 0 Å². The molecule has 0 saturated heterocycles. The molecular formula is C14H14FN3O. The molecule has 0 spiro atoms. The summed E-state index contributed by atoms with van der Waals surface area (Å²) in [5.41, 5.74) is 2.53. The number of aromatic nitrogens is 1. The van der Waals surface area contributed by atoms with E-state index in [0.717, 1.165) is 17.6 Å². The molecule has 1 aromatic carbocycles. The van der Waals surface area contributed by atoms with Gasteiger partial charge in [0, 0.05) is 30.7 Å². The number of rotatable bonds is 4. The van der Waals surface area contributed by atoms with E-state index in [0.29, 0.717) is 11.3 Å². The fourth-order valence-corrected chi connectivity index (χ4v) is 1.88. The molecule has 2 N–H and O–H groups in total. The van der Waals surface area contributed by atoms with Gasteiger partial charge in [0.15, 0.2) is 0 Å². The molecule has 19 heavy (non-hydrogen) atoms. The van der Waals surface area contributed by atoms with Gasteiger partial charge in [0.25, 0.3) is 0 Å². The molecule has 1 aromatic heterocycles. The Kier molecular flexibility index (Phi) is 3.87. The first-order chi connectivity index (χ1) is 9.17. The third kappa shape index (κ3) is 2.61. The molecule has 4 nitrogen and oxygen atoms in total. The Morgan fingerprint density at radius 2 is 2.00 bits per heavy atom. The first-order valence-electron chi connectivity index (χ1n) is 5.76. The van der Waals surface area contributed by atoms with Crippen molar-refractivity contribution in [1.82, 2.24) is 4.98 Å². The minimum absolute atomic E-state index is 0.226. The number of benzene rings is 1. The highest BCUT2D eigenvalue weighted by molar-refractivity contribution is 5.89. The zero-order valence-electron chi connectivity index (χ0n) is 10.5. The zero-order chi connectivity index (χ0) is 13.8. The molecule has 0 aliphatic heterocycles. The van der Waals surface area contributed by atoms with Crippen molar-refractivity contribution in [2.45, 2.75) is 6.61 Å². The smallest absolute Gasteiger partial charge is 0.123 e. The molecule has 0 unspecified atom stereocenters. The first kappa shape index (κ1) is 13.2. The van der Waals surface area contributed by atoms with Crippen molar-refractivity contribution in [3.05, 3.63) is 53.6 Å². The van der Waals surface area contributed by atoms with Crippen LogP contribution in [0.25, 0.3) is 0 Å². The van der Waals surface area contributed by atoms with Crippen molar-refractivity contribution in [3.8, 4) is 0 Å². The van der Waals surface area contributed by atoms with Crippen LogP contribution in [0, 0.1) is 11.2 Å². The third-order valence-corrected chi connectivity index (χ3v) is 2.92. The number of nitrogens with one attached hydrogen (secondary N) is 1. The quantitative estimate of drug-likeness (QED) is 0.829. The number of pyridine rings is 1. The minimum Gasteiger partial charge on any atom is -0.390 e. The summed E-state index contributed by atoms with van der Waals surface area (Å²) in [6.45, 7) is -0.226. The molecule has 98 valence electrons. The summed E-state index contributed by atoms with van der Waals surface area (Å²) in [4.78, 5) is 5.85. The van der Waals surface area contributed by atoms with Gasteiger partial charge in [0.2, 0.25) is 0 Å². The van der Waals surface area contributed by atoms with Gasteiger partial charge < -0.3 is 15.4 Å². The second kappa shape index (κ2) is 5.58. The van der Waals surface area contributed by atoms with E-state index < -0.39 is 0 Å². The number of hydrogen-bond donors (Lipinski definition) is 2. The van der Waals surface area contributed by atoms with Crippen LogP contribution in [-0.4, -0.2) is 23.4 Å². The SMILES string of the molecule is CN(c1ccc(F)cc1)c1ccnc(CO)c1C=N. The van der Waals surface area contributed by atoms with E-state index in [1.165, 1.54) is 12.1 Å². The molecule has 1 heterocycles. The van der Waals surface area contributed by atoms with Crippen molar-refractivity contribution in [3.63, 3.8) is 0 Å². The molecule has 5 heteroatoms. The molecule has 0 aliphatic rings. The summed E-state index contributed by atoms with van der Waals surface area (Å²) in [6, 6.07) is 7.82. The lowest BCUT2D eigenvalue weighted by atomic mass is 10.1. The highest BCUT2D eigenvalue weighted by Crippen LogP contribution is 2.27. The Balaban J connectivity index is 2.46. The molecule has 0 saturated carbocycles. The fraction of sp³-hybridized carbons (Fsp3) is 0.143. The second-order valence-electron chi connectivity index (χ2n) is 4.03. The van der Waals surface area contributed by atoms with E-state index in [1.807, 2.05) is 11.9 Å². The average Bonchev–Trinajstić information content (AvgIpc) is 2.46. The van der Waals surface area contributed by atoms with E-state index in [2.05, 4.69) is 4.98 Å². The van der Waals surface area contributed by atoms with Crippen LogP contribution in [0.1, 0.15) is 11.3 Å². The number of nitrogens with zero attached hydrogens (tertiary/aromatic N) is 2. The zero-order valence-corrected chi connectivity index (χ0v) is 10.5. The van der Waals surface area contributed by atoms with Crippen molar-refractivity contribution < 1.29 is 9.50 Å². The standard InChI is InChI=1S/C14H14FN3O/c1-18(11-4-2-10(15)3-5-11)14-6-7-17-13(9-19)12(14)8-16/h2-8,16,19H,9H2,1H3. The van der Waals surface area contributed by atoms with Crippen LogP contribution in [0.15, 0.2) is 36.5 Å². The molecular weight excluding hydrogens is 245 g/mol. The van der Waals surface area contributed by atoms with E-state index in [-0.39, 0.29) is 12.4 Å². The molecule has 0 amide bonds. The summed E-state index contributed by atoms with van der Waals surface area (Å²) in [6.07, 6.45) is 2.74. The van der Waals surface area contributed by atoms with Gasteiger partial charge in [-0.05, 0) is 30.3 Å². The van der Waals surface area contributed by atoms with Crippen LogP contribution in [0.4, 0.5) is 15.8 Å². The van der Waals surface area contributed by atoms with Gasteiger partial charge in [-0.25, -0.2) is 4.39 Å². The van der Waals surface area contributed by atoms with Gasteiger partial charge in [-0.1, -0.05) is 0 Å². The topological polar surface area (TPSA) is 60.2 Å². The Bertz CT molecular complexity index is 584. The predicted octanol–water partition coefficient (Wildman–Crippen LogP) is 2.48. The monoisotopic (exact) mass is 259 g/mol. The van der Waals surface area contributed by atoms with Crippen molar-refractivity contribution >= 4 is 17.6 Å². The number of anilines is 2. The Hall–Kier alpha value is -2.27. The summed E-state index contributed by atoms with van der Waals surface area (Å²) in [5, 5.41) is 16.7. The van der Waals surface area contributed by atoms with Gasteiger partial charge >= 0.3 is 0 Å². The summed E-state index contributed by atoms with van der Waals surface area (Å²) >= 11 is 0. The average molecular weight is 259 g/mol. The number of aliphatic hydroxyl groups is 1. The van der Waals surface area contributed by atoms with Gasteiger partial charge in [-0.3, -0.25) is 4.98 Å². The molecule has 0 bridgehead atoms. The predicted molar refractivity (Wildman–Crippen MR) is 72.5 cm³/mol. The summed E-state index contributed by atoms with van der Waals surface area (Å²) in [5.74, 6) is -0.296. The van der Waals surface area contributed by atoms with Crippen LogP contribution in [0.2, 0.25) is 0 Å². The first-order valence-corrected chi connectivity index (χ1v) is 5.76. The van der Waals surface area contributed by atoms with Crippen LogP contribution in [0.5, 0.6) is 0 Å². The Labute approximate surface area is 110 Å². The lowest BCUT2D eigenvalue weighted by Crippen LogP contribution is -2.13. The summed E-state index contributed by atoms with van der Waals surface area (Å²) in [7, 11) is 1.82. The van der Waals surface area contributed by atoms with E-state index in [9.17, 15) is 9.50 Å². The van der Waals surface area contributed by atoms with Crippen LogP contribution >= 0.6 is 0 Å². The van der Waals surface area contributed by atoms with Gasteiger partial charge in [0.1, 0.15) is 5.82 Å². The molecule has 2 rings (SSSR count). The van der Waals surface area contributed by atoms with E-state index in [4.69, 9.17) is 5.41 Å². The Morgan fingerprint density at radius 1 is 1.32 bits per heavy atom. The lowest BCUT2D eigenvalue weighted by Gasteiger charge is -2.22. The maximum absolute atomic E-state index is 12.9. The van der Waals surface area contributed by atoms with Crippen LogP contribution in [0.3, 0.4) is 0 Å². The largest absolute Gasteiger partial charge is 0.390 e. The second-order valence-corrected chi connectivity index (χ2v) is 4.03. The maximum atomic E-state index is 12.9. The number of halogens is 1. The molecule has 0 radical (unpaired) electrons. The number of aliphatic hydroxyl groups excluding tert-OH is 1. The van der Waals surface area contributed by atoms with Gasteiger partial charge in [0.05, 0.1) is 18.0 Å². The van der Waals surface area contributed by atoms with E-state index in [1.54, 1.807) is 24.4 Å². The normalized spacial score (nSPS) is 10.3. The fourth-order valence-electron chi connectivity index (χ4n) is 1.88. The van der Waals surface area contributed by atoms with Crippen LogP contribution < -0.4 is 4.90 Å².